The van der Waals surface area contributed by atoms with Crippen molar-refractivity contribution in [2.45, 2.75) is 64.5 Å². The van der Waals surface area contributed by atoms with E-state index < -0.39 is 0 Å². The summed E-state index contributed by atoms with van der Waals surface area (Å²) in [5.74, 6) is 2.60. The van der Waals surface area contributed by atoms with Crippen LogP contribution in [-0.4, -0.2) is 36.0 Å². The topological polar surface area (TPSA) is 58.6 Å². The van der Waals surface area contributed by atoms with Gasteiger partial charge in [-0.2, -0.15) is 0 Å². The Morgan fingerprint density at radius 1 is 1.06 bits per heavy atom. The van der Waals surface area contributed by atoms with Gasteiger partial charge >= 0.3 is 6.09 Å². The van der Waals surface area contributed by atoms with Crippen LogP contribution in [0.4, 0.5) is 4.79 Å². The molecule has 1 heterocycles. The summed E-state index contributed by atoms with van der Waals surface area (Å²) in [6.07, 6.45) is 10.4. The molecular formula is C26H34N2O3. The summed E-state index contributed by atoms with van der Waals surface area (Å²) < 4.78 is 5.52. The van der Waals surface area contributed by atoms with E-state index in [2.05, 4.69) is 25.2 Å². The third kappa shape index (κ3) is 3.19. The summed E-state index contributed by atoms with van der Waals surface area (Å²) in [6, 6.07) is 9.75. The monoisotopic (exact) mass is 422 g/mol. The van der Waals surface area contributed by atoms with Crippen molar-refractivity contribution in [1.82, 2.24) is 10.2 Å². The van der Waals surface area contributed by atoms with E-state index in [0.717, 1.165) is 32.1 Å². The lowest BCUT2D eigenvalue weighted by atomic mass is 9.48. The zero-order valence-corrected chi connectivity index (χ0v) is 18.8. The highest BCUT2D eigenvalue weighted by molar-refractivity contribution is 5.89. The van der Waals surface area contributed by atoms with Crippen LogP contribution >= 0.6 is 0 Å². The molecule has 7 atom stereocenters. The summed E-state index contributed by atoms with van der Waals surface area (Å²) in [7, 11) is 1.97. The molecule has 0 unspecified atom stereocenters. The molecule has 3 saturated carbocycles. The molecule has 0 spiro atoms. The molecule has 1 aromatic rings. The molecule has 0 radical (unpaired) electrons. The lowest BCUT2D eigenvalue weighted by Gasteiger charge is -2.60. The van der Waals surface area contributed by atoms with Crippen LogP contribution in [-0.2, 0) is 4.79 Å². The first-order valence-electron chi connectivity index (χ1n) is 11.8. The van der Waals surface area contributed by atoms with E-state index in [9.17, 15) is 9.59 Å². The molecule has 3 fully saturated rings. The molecule has 4 aliphatic rings. The number of hydrogen-bond acceptors (Lipinski definition) is 3. The number of rotatable bonds is 2. The molecule has 0 aromatic heterocycles. The van der Waals surface area contributed by atoms with Gasteiger partial charge in [-0.05, 0) is 79.9 Å². The average molecular weight is 423 g/mol. The molecule has 1 aliphatic heterocycles. The second-order valence-corrected chi connectivity index (χ2v) is 10.6. The van der Waals surface area contributed by atoms with E-state index in [1.165, 1.54) is 6.42 Å². The number of fused-ring (bicyclic) bond motifs is 5. The average Bonchev–Trinajstić information content (AvgIpc) is 3.08. The maximum Gasteiger partial charge on any atom is 0.412 e. The number of likely N-dealkylation sites (N-methyl/N-ethyl adjacent to an activating group) is 1. The molecule has 166 valence electrons. The second kappa shape index (κ2) is 7.39. The fourth-order valence-corrected chi connectivity index (χ4v) is 7.74. The number of para-hydroxylation sites is 1. The zero-order chi connectivity index (χ0) is 21.8. The standard InChI is InChI=1S/C26H34N2O3/c1-25-15-13-20-18(9-12-22-26(20,2)16-14-23(29)28(22)3)19(25)10-11-21(25)27-24(30)31-17-7-5-4-6-8-17/h4-8,14,16,18-22H,9-13,15H2,1-3H3,(H,27,30)/t18-,19-,20-,21-,22+,25-,26+/m0/s1. The minimum atomic E-state index is -0.341. The third-order valence-corrected chi connectivity index (χ3v) is 9.37. The molecule has 1 aromatic carbocycles. The molecule has 3 aliphatic carbocycles. The third-order valence-electron chi connectivity index (χ3n) is 9.37. The smallest absolute Gasteiger partial charge is 0.410 e. The van der Waals surface area contributed by atoms with Gasteiger partial charge in [0.25, 0.3) is 0 Å². The second-order valence-electron chi connectivity index (χ2n) is 10.6. The van der Waals surface area contributed by atoms with Gasteiger partial charge in [0.05, 0.1) is 0 Å². The van der Waals surface area contributed by atoms with Crippen LogP contribution in [0.15, 0.2) is 42.5 Å². The van der Waals surface area contributed by atoms with Gasteiger partial charge in [-0.25, -0.2) is 4.79 Å². The van der Waals surface area contributed by atoms with E-state index in [-0.39, 0.29) is 28.9 Å². The van der Waals surface area contributed by atoms with E-state index in [1.54, 1.807) is 6.08 Å². The largest absolute Gasteiger partial charge is 0.412 e. The van der Waals surface area contributed by atoms with E-state index in [4.69, 9.17) is 4.74 Å². The number of carbonyl (C=O) groups is 2. The number of hydrogen-bond donors (Lipinski definition) is 1. The van der Waals surface area contributed by atoms with Gasteiger partial charge in [-0.15, -0.1) is 0 Å². The van der Waals surface area contributed by atoms with Crippen molar-refractivity contribution in [2.75, 3.05) is 7.05 Å². The van der Waals surface area contributed by atoms with Crippen LogP contribution in [0, 0.1) is 28.6 Å². The molecule has 5 rings (SSSR count). The Balaban J connectivity index is 1.32. The van der Waals surface area contributed by atoms with Crippen molar-refractivity contribution in [3.63, 3.8) is 0 Å². The van der Waals surface area contributed by atoms with Gasteiger partial charge in [0.2, 0.25) is 5.91 Å². The predicted octanol–water partition coefficient (Wildman–Crippen LogP) is 4.78. The molecule has 0 saturated heterocycles. The van der Waals surface area contributed by atoms with Gasteiger partial charge in [-0.1, -0.05) is 38.1 Å². The van der Waals surface area contributed by atoms with Crippen LogP contribution in [0.1, 0.15) is 52.4 Å². The molecule has 5 nitrogen and oxygen atoms in total. The van der Waals surface area contributed by atoms with Crippen molar-refractivity contribution in [2.24, 2.45) is 28.6 Å². The van der Waals surface area contributed by atoms with E-state index in [1.807, 2.05) is 42.3 Å². The maximum absolute atomic E-state index is 12.6. The van der Waals surface area contributed by atoms with Gasteiger partial charge < -0.3 is 15.0 Å². The van der Waals surface area contributed by atoms with Gasteiger partial charge in [-0.3, -0.25) is 4.79 Å². The minimum Gasteiger partial charge on any atom is -0.410 e. The Hall–Kier alpha value is -2.30. The summed E-state index contributed by atoms with van der Waals surface area (Å²) >= 11 is 0. The Kier molecular flexibility index (Phi) is 4.91. The van der Waals surface area contributed by atoms with Crippen LogP contribution in [0.3, 0.4) is 0 Å². The first kappa shape index (κ1) is 20.6. The summed E-state index contributed by atoms with van der Waals surface area (Å²) in [4.78, 5) is 26.8. The van der Waals surface area contributed by atoms with Crippen LogP contribution in [0.2, 0.25) is 0 Å². The first-order chi connectivity index (χ1) is 14.8. The first-order valence-corrected chi connectivity index (χ1v) is 11.8. The fraction of sp³-hybridized carbons (Fsp3) is 0.615. The number of benzene rings is 1. The van der Waals surface area contributed by atoms with Crippen LogP contribution in [0.5, 0.6) is 5.75 Å². The minimum absolute atomic E-state index is 0.0602. The normalized spacial score (nSPS) is 41.2. The lowest BCUT2D eigenvalue weighted by Crippen LogP contribution is -2.60. The van der Waals surface area contributed by atoms with Crippen molar-refractivity contribution >= 4 is 12.0 Å². The molecule has 5 heteroatoms. The van der Waals surface area contributed by atoms with Crippen molar-refractivity contribution in [3.05, 3.63) is 42.5 Å². The highest BCUT2D eigenvalue weighted by Gasteiger charge is 2.60. The highest BCUT2D eigenvalue weighted by atomic mass is 16.6. The lowest BCUT2D eigenvalue weighted by molar-refractivity contribution is -0.138. The zero-order valence-electron chi connectivity index (χ0n) is 18.8. The van der Waals surface area contributed by atoms with Crippen molar-refractivity contribution in [3.8, 4) is 5.75 Å². The van der Waals surface area contributed by atoms with E-state index >= 15 is 0 Å². The Morgan fingerprint density at radius 3 is 2.61 bits per heavy atom. The summed E-state index contributed by atoms with van der Waals surface area (Å²) in [5.41, 5.74) is 0.171. The molecule has 2 amide bonds. The predicted molar refractivity (Wildman–Crippen MR) is 119 cm³/mol. The van der Waals surface area contributed by atoms with Crippen molar-refractivity contribution in [1.29, 1.82) is 0 Å². The number of amides is 2. The van der Waals surface area contributed by atoms with Gasteiger partial charge in [0.1, 0.15) is 5.75 Å². The maximum atomic E-state index is 12.6. The highest BCUT2D eigenvalue weighted by Crippen LogP contribution is 2.63. The number of nitrogens with zero attached hydrogens (tertiary/aromatic N) is 1. The SMILES string of the molecule is CN1C(=O)C=C[C@]2(C)[C@H]3CC[C@]4(C)[C@@H](NC(=O)Oc5ccccc5)CC[C@H]4[C@@H]3CC[C@@H]12. The van der Waals surface area contributed by atoms with Crippen molar-refractivity contribution < 1.29 is 14.3 Å². The Labute approximate surface area is 185 Å². The molecular weight excluding hydrogens is 388 g/mol. The Morgan fingerprint density at radius 2 is 1.84 bits per heavy atom. The number of nitrogens with one attached hydrogen (secondary N) is 1. The van der Waals surface area contributed by atoms with Gasteiger partial charge in [0.15, 0.2) is 0 Å². The Bertz CT molecular complexity index is 899. The van der Waals surface area contributed by atoms with Crippen LogP contribution < -0.4 is 10.1 Å². The number of carbonyl (C=O) groups excluding carboxylic acids is 2. The summed E-state index contributed by atoms with van der Waals surface area (Å²) in [6.45, 7) is 4.76. The quantitative estimate of drug-likeness (QED) is 0.746. The molecule has 31 heavy (non-hydrogen) atoms. The fourth-order valence-electron chi connectivity index (χ4n) is 7.74. The van der Waals surface area contributed by atoms with Gasteiger partial charge in [0, 0.05) is 24.5 Å². The van der Waals surface area contributed by atoms with Crippen LogP contribution in [0.25, 0.3) is 0 Å². The molecule has 1 N–H and O–H groups in total. The van der Waals surface area contributed by atoms with E-state index in [0.29, 0.717) is 29.5 Å². The number of ether oxygens (including phenoxy) is 1. The molecule has 0 bridgehead atoms. The summed E-state index contributed by atoms with van der Waals surface area (Å²) in [5, 5.41) is 3.21.